The van der Waals surface area contributed by atoms with E-state index in [9.17, 15) is 8.63 Å². The maximum Gasteiger partial charge on any atom is 0.678 e. The molecular formula is C29H25BF2N2. The second kappa shape index (κ2) is 8.56. The van der Waals surface area contributed by atoms with E-state index in [1.807, 2.05) is 60.7 Å². The van der Waals surface area contributed by atoms with Crippen LogP contribution in [0.1, 0.15) is 43.2 Å². The van der Waals surface area contributed by atoms with E-state index in [2.05, 4.69) is 45.0 Å². The number of halogens is 2. The van der Waals surface area contributed by atoms with E-state index in [0.29, 0.717) is 22.5 Å². The molecule has 0 atom stereocenters. The third kappa shape index (κ3) is 4.03. The van der Waals surface area contributed by atoms with Gasteiger partial charge in [-0.15, -0.1) is 0 Å². The van der Waals surface area contributed by atoms with Gasteiger partial charge >= 0.3 is 7.40 Å². The maximum absolute atomic E-state index is 14.3. The number of hydrogen-bond donors (Lipinski definition) is 0. The molecule has 5 rings (SSSR count). The van der Waals surface area contributed by atoms with Gasteiger partial charge in [0.1, 0.15) is 0 Å². The molecule has 0 N–H and O–H groups in total. The lowest BCUT2D eigenvalue weighted by Gasteiger charge is -2.19. The predicted octanol–water partition coefficient (Wildman–Crippen LogP) is 7.53. The molecule has 2 nitrogen and oxygen atoms in total. The van der Waals surface area contributed by atoms with Crippen molar-refractivity contribution in [2.24, 2.45) is 4.99 Å². The molecule has 0 fully saturated rings. The fraction of sp³-hybridized carbons (Fsp3) is 0.138. The smallest absolute Gasteiger partial charge is 0.325 e. The Balaban J connectivity index is 1.69. The number of benzene rings is 3. The number of aliphatic imine (C=N–C) groups is 1. The first kappa shape index (κ1) is 22.1. The Kier molecular flexibility index (Phi) is 5.56. The monoisotopic (exact) mass is 450 g/mol. The quantitative estimate of drug-likeness (QED) is 0.286. The summed E-state index contributed by atoms with van der Waals surface area (Å²) in [7, 11) is -2.67. The minimum Gasteiger partial charge on any atom is -0.325 e. The van der Waals surface area contributed by atoms with Crippen molar-refractivity contribution >= 4 is 29.6 Å². The molecule has 5 heteroatoms. The largest absolute Gasteiger partial charge is 0.678 e. The number of allylic oxidation sites excluding steroid dienone is 2. The van der Waals surface area contributed by atoms with Crippen molar-refractivity contribution in [3.05, 3.63) is 125 Å². The molecule has 3 aromatic carbocycles. The van der Waals surface area contributed by atoms with Gasteiger partial charge in [-0.25, -0.2) is 4.99 Å². The highest BCUT2D eigenvalue weighted by atomic mass is 19.2. The van der Waals surface area contributed by atoms with Crippen LogP contribution in [0.5, 0.6) is 0 Å². The van der Waals surface area contributed by atoms with Crippen LogP contribution in [0.25, 0.3) is 16.5 Å². The highest BCUT2D eigenvalue weighted by Crippen LogP contribution is 2.35. The van der Waals surface area contributed by atoms with Crippen molar-refractivity contribution < 1.29 is 8.63 Å². The molecule has 34 heavy (non-hydrogen) atoms. The number of rotatable bonds is 4. The van der Waals surface area contributed by atoms with Gasteiger partial charge in [0.2, 0.25) is 0 Å². The molecule has 0 bridgehead atoms. The molecule has 0 unspecified atom stereocenters. The number of aromatic nitrogens is 1. The van der Waals surface area contributed by atoms with E-state index in [4.69, 9.17) is 4.99 Å². The first-order valence-electron chi connectivity index (χ1n) is 11.4. The molecule has 0 radical (unpaired) electrons. The second-order valence-electron chi connectivity index (χ2n) is 9.52. The zero-order valence-electron chi connectivity index (χ0n) is 19.5. The number of hydrogen-bond acceptors (Lipinski definition) is 1. The summed E-state index contributed by atoms with van der Waals surface area (Å²) in [5.74, 6) is 0. The van der Waals surface area contributed by atoms with Gasteiger partial charge in [-0.2, -0.15) is 0 Å². The SMILES string of the molecule is CC(C)(C)c1ccc(C2=N/C(=C(/c3ccccc3)c3cc4ccccc4n3B(F)F)C=C2)cc1. The van der Waals surface area contributed by atoms with E-state index in [0.717, 1.165) is 26.7 Å². The van der Waals surface area contributed by atoms with E-state index < -0.39 is 7.40 Å². The van der Waals surface area contributed by atoms with Crippen molar-refractivity contribution in [3.63, 3.8) is 0 Å². The number of para-hydroxylation sites is 1. The fourth-order valence-corrected chi connectivity index (χ4v) is 4.41. The standard InChI is InChI=1S/C29H25BF2N2/c1-29(2,3)23-15-13-20(14-16-23)24-17-18-25(33-24)28(21-9-5-4-6-10-21)27-19-22-11-7-8-12-26(22)34(27)30(31)32/h4-19H,1-3H3/b28-25-. The Morgan fingerprint density at radius 1 is 0.824 bits per heavy atom. The molecule has 168 valence electrons. The van der Waals surface area contributed by atoms with Crippen LogP contribution in [0, 0.1) is 0 Å². The average Bonchev–Trinajstić information content (AvgIpc) is 3.45. The van der Waals surface area contributed by atoms with E-state index >= 15 is 0 Å². The molecule has 0 spiro atoms. The van der Waals surface area contributed by atoms with Gasteiger partial charge in [-0.1, -0.05) is 93.6 Å². The van der Waals surface area contributed by atoms with Crippen LogP contribution in [0.3, 0.4) is 0 Å². The van der Waals surface area contributed by atoms with Crippen LogP contribution >= 0.6 is 0 Å². The molecule has 0 saturated carbocycles. The Morgan fingerprint density at radius 2 is 1.50 bits per heavy atom. The van der Waals surface area contributed by atoms with Crippen molar-refractivity contribution in [2.45, 2.75) is 26.2 Å². The molecule has 0 aliphatic carbocycles. The molecule has 2 heterocycles. The number of fused-ring (bicyclic) bond motifs is 1. The summed E-state index contributed by atoms with van der Waals surface area (Å²) in [6.45, 7) is 6.55. The van der Waals surface area contributed by atoms with Crippen LogP contribution in [0.2, 0.25) is 0 Å². The summed E-state index contributed by atoms with van der Waals surface area (Å²) in [5, 5.41) is 0.774. The third-order valence-electron chi connectivity index (χ3n) is 6.20. The van der Waals surface area contributed by atoms with Gasteiger partial charge in [0.05, 0.1) is 11.4 Å². The zero-order valence-corrected chi connectivity index (χ0v) is 19.5. The van der Waals surface area contributed by atoms with Crippen LogP contribution in [0.15, 0.2) is 108 Å². The Bertz CT molecular complexity index is 1440. The second-order valence-corrected chi connectivity index (χ2v) is 9.52. The zero-order chi connectivity index (χ0) is 23.9. The molecule has 0 amide bonds. The Labute approximate surface area is 199 Å². The summed E-state index contributed by atoms with van der Waals surface area (Å²) in [6.07, 6.45) is 3.88. The average molecular weight is 450 g/mol. The normalized spacial score (nSPS) is 15.0. The third-order valence-corrected chi connectivity index (χ3v) is 6.20. The van der Waals surface area contributed by atoms with E-state index in [-0.39, 0.29) is 5.41 Å². The highest BCUT2D eigenvalue weighted by Gasteiger charge is 2.27. The molecule has 1 aliphatic rings. The lowest BCUT2D eigenvalue weighted by molar-refractivity contribution is 0.590. The van der Waals surface area contributed by atoms with Gasteiger partial charge in [0.15, 0.2) is 0 Å². The lowest BCUT2D eigenvalue weighted by Crippen LogP contribution is -2.16. The Morgan fingerprint density at radius 3 is 2.18 bits per heavy atom. The molecule has 4 aromatic rings. The van der Waals surface area contributed by atoms with Crippen molar-refractivity contribution in [1.82, 2.24) is 4.48 Å². The van der Waals surface area contributed by atoms with Crippen LogP contribution < -0.4 is 0 Å². The van der Waals surface area contributed by atoms with Crippen LogP contribution in [0.4, 0.5) is 8.63 Å². The highest BCUT2D eigenvalue weighted by molar-refractivity contribution is 6.43. The van der Waals surface area contributed by atoms with Gasteiger partial charge < -0.3 is 4.48 Å². The van der Waals surface area contributed by atoms with Gasteiger partial charge in [0, 0.05) is 22.3 Å². The summed E-state index contributed by atoms with van der Waals surface area (Å²) < 4.78 is 29.7. The minimum absolute atomic E-state index is 0.0695. The molecule has 0 saturated heterocycles. The first-order valence-corrected chi connectivity index (χ1v) is 11.4. The van der Waals surface area contributed by atoms with E-state index in [1.54, 1.807) is 12.1 Å². The predicted molar refractivity (Wildman–Crippen MR) is 139 cm³/mol. The Hall–Kier alpha value is -3.73. The van der Waals surface area contributed by atoms with Gasteiger partial charge in [-0.3, -0.25) is 8.63 Å². The maximum atomic E-state index is 14.3. The van der Waals surface area contributed by atoms with E-state index in [1.165, 1.54) is 5.56 Å². The summed E-state index contributed by atoms with van der Waals surface area (Å²) >= 11 is 0. The minimum atomic E-state index is -2.67. The summed E-state index contributed by atoms with van der Waals surface area (Å²) in [5.41, 5.74) is 6.31. The molecule has 1 aliphatic heterocycles. The topological polar surface area (TPSA) is 17.3 Å². The van der Waals surface area contributed by atoms with Crippen molar-refractivity contribution in [3.8, 4) is 0 Å². The number of nitrogens with zero attached hydrogens (tertiary/aromatic N) is 2. The molecular weight excluding hydrogens is 425 g/mol. The van der Waals surface area contributed by atoms with Crippen molar-refractivity contribution in [1.29, 1.82) is 0 Å². The van der Waals surface area contributed by atoms with Crippen LogP contribution in [-0.4, -0.2) is 17.6 Å². The lowest BCUT2D eigenvalue weighted by atomic mass is 9.86. The van der Waals surface area contributed by atoms with Crippen LogP contribution in [-0.2, 0) is 5.41 Å². The first-order chi connectivity index (χ1) is 16.3. The summed E-state index contributed by atoms with van der Waals surface area (Å²) in [4.78, 5) is 4.90. The van der Waals surface area contributed by atoms with Gasteiger partial charge in [-0.05, 0) is 46.2 Å². The summed E-state index contributed by atoms with van der Waals surface area (Å²) in [6, 6.07) is 27.1. The fourth-order valence-electron chi connectivity index (χ4n) is 4.41. The molecule has 1 aromatic heterocycles. The van der Waals surface area contributed by atoms with Crippen molar-refractivity contribution in [2.75, 3.05) is 0 Å². The van der Waals surface area contributed by atoms with Gasteiger partial charge in [0.25, 0.3) is 0 Å².